The first-order chi connectivity index (χ1) is 11.1. The van der Waals surface area contributed by atoms with Gasteiger partial charge in [0.2, 0.25) is 0 Å². The van der Waals surface area contributed by atoms with Crippen molar-refractivity contribution >= 4 is 16.9 Å². The number of carbonyl (C=O) groups is 1. The van der Waals surface area contributed by atoms with Gasteiger partial charge in [-0.1, -0.05) is 36.4 Å². The monoisotopic (exact) mass is 310 g/mol. The van der Waals surface area contributed by atoms with Crippen LogP contribution >= 0.6 is 0 Å². The van der Waals surface area contributed by atoms with Crippen LogP contribution in [0.25, 0.3) is 11.0 Å². The molecule has 0 saturated heterocycles. The molecule has 1 atom stereocenters. The molecule has 0 aliphatic carbocycles. The normalized spacial score (nSPS) is 12.4. The van der Waals surface area contributed by atoms with Crippen molar-refractivity contribution in [3.05, 3.63) is 71.0 Å². The number of aromatic carboxylic acids is 1. The Morgan fingerprint density at radius 1 is 1.22 bits per heavy atom. The summed E-state index contributed by atoms with van der Waals surface area (Å²) >= 11 is 0. The van der Waals surface area contributed by atoms with Crippen molar-refractivity contribution < 1.29 is 19.1 Å². The molecule has 0 spiro atoms. The van der Waals surface area contributed by atoms with Crippen LogP contribution in [0.15, 0.2) is 52.9 Å². The molecule has 4 heteroatoms. The molecule has 2 aromatic carbocycles. The standard InChI is InChI=1S/C19H18O4/c1-12-18(19(20)21)15-11-14(8-9-16(15)23-12)17(22-2)10-13-6-4-3-5-7-13/h3-9,11,17H,10H2,1-2H3,(H,20,21). The molecular formula is C19H18O4. The van der Waals surface area contributed by atoms with Crippen LogP contribution < -0.4 is 0 Å². The number of methoxy groups -OCH3 is 1. The number of furan rings is 1. The third kappa shape index (κ3) is 2.98. The lowest BCUT2D eigenvalue weighted by molar-refractivity contribution is 0.0697. The molecule has 1 N–H and O–H groups in total. The molecule has 0 aliphatic rings. The maximum atomic E-state index is 11.4. The van der Waals surface area contributed by atoms with E-state index in [4.69, 9.17) is 9.15 Å². The summed E-state index contributed by atoms with van der Waals surface area (Å²) in [7, 11) is 1.66. The van der Waals surface area contributed by atoms with Crippen molar-refractivity contribution in [3.63, 3.8) is 0 Å². The Hall–Kier alpha value is -2.59. The smallest absolute Gasteiger partial charge is 0.339 e. The molecule has 23 heavy (non-hydrogen) atoms. The number of carboxylic acids is 1. The van der Waals surface area contributed by atoms with Crippen LogP contribution in [0.3, 0.4) is 0 Å². The Balaban J connectivity index is 2.01. The fourth-order valence-electron chi connectivity index (χ4n) is 2.87. The van der Waals surface area contributed by atoms with E-state index in [1.807, 2.05) is 30.3 Å². The van der Waals surface area contributed by atoms with Gasteiger partial charge in [0.1, 0.15) is 16.9 Å². The van der Waals surface area contributed by atoms with E-state index in [9.17, 15) is 9.90 Å². The first kappa shape index (κ1) is 15.3. The average Bonchev–Trinajstić information content (AvgIpc) is 2.88. The maximum absolute atomic E-state index is 11.4. The minimum Gasteiger partial charge on any atom is -0.478 e. The molecule has 0 fully saturated rings. The third-order valence-electron chi connectivity index (χ3n) is 4.02. The molecule has 0 saturated carbocycles. The van der Waals surface area contributed by atoms with E-state index in [0.717, 1.165) is 12.0 Å². The highest BCUT2D eigenvalue weighted by atomic mass is 16.5. The van der Waals surface area contributed by atoms with Crippen LogP contribution in [0, 0.1) is 6.92 Å². The zero-order chi connectivity index (χ0) is 16.4. The van der Waals surface area contributed by atoms with Crippen molar-refractivity contribution in [2.24, 2.45) is 0 Å². The van der Waals surface area contributed by atoms with E-state index < -0.39 is 5.97 Å². The Bertz CT molecular complexity index is 833. The molecular weight excluding hydrogens is 292 g/mol. The number of benzene rings is 2. The lowest BCUT2D eigenvalue weighted by Crippen LogP contribution is -2.05. The number of hydrogen-bond acceptors (Lipinski definition) is 3. The van der Waals surface area contributed by atoms with Gasteiger partial charge in [-0.2, -0.15) is 0 Å². The fraction of sp³-hybridized carbons (Fsp3) is 0.211. The molecule has 0 bridgehead atoms. The van der Waals surface area contributed by atoms with Crippen molar-refractivity contribution in [1.82, 2.24) is 0 Å². The second-order valence-corrected chi connectivity index (χ2v) is 5.51. The minimum atomic E-state index is -0.976. The summed E-state index contributed by atoms with van der Waals surface area (Å²) in [6, 6.07) is 15.6. The van der Waals surface area contributed by atoms with Gasteiger partial charge < -0.3 is 14.3 Å². The van der Waals surface area contributed by atoms with Gasteiger partial charge in [-0.15, -0.1) is 0 Å². The Labute approximate surface area is 134 Å². The van der Waals surface area contributed by atoms with Crippen molar-refractivity contribution in [2.75, 3.05) is 7.11 Å². The second kappa shape index (κ2) is 6.26. The quantitative estimate of drug-likeness (QED) is 0.760. The Kier molecular flexibility index (Phi) is 4.17. The summed E-state index contributed by atoms with van der Waals surface area (Å²) in [4.78, 5) is 11.4. The number of aryl methyl sites for hydroxylation is 1. The lowest BCUT2D eigenvalue weighted by atomic mass is 9.99. The van der Waals surface area contributed by atoms with E-state index >= 15 is 0 Å². The number of rotatable bonds is 5. The summed E-state index contributed by atoms with van der Waals surface area (Å²) in [5.41, 5.74) is 2.91. The molecule has 1 aromatic heterocycles. The molecule has 118 valence electrons. The Morgan fingerprint density at radius 2 is 1.96 bits per heavy atom. The van der Waals surface area contributed by atoms with Crippen molar-refractivity contribution in [3.8, 4) is 0 Å². The molecule has 1 unspecified atom stereocenters. The van der Waals surface area contributed by atoms with Crippen LogP contribution in [0.1, 0.15) is 33.3 Å². The second-order valence-electron chi connectivity index (χ2n) is 5.51. The highest BCUT2D eigenvalue weighted by molar-refractivity contribution is 6.03. The molecule has 1 heterocycles. The molecule has 3 aromatic rings. The van der Waals surface area contributed by atoms with Gasteiger partial charge in [0.05, 0.1) is 6.10 Å². The molecule has 0 amide bonds. The van der Waals surface area contributed by atoms with Crippen molar-refractivity contribution in [1.29, 1.82) is 0 Å². The number of hydrogen-bond donors (Lipinski definition) is 1. The first-order valence-electron chi connectivity index (χ1n) is 7.43. The van der Waals surface area contributed by atoms with E-state index in [1.165, 1.54) is 5.56 Å². The van der Waals surface area contributed by atoms with Gasteiger partial charge in [0.15, 0.2) is 0 Å². The number of carboxylic acid groups (broad SMARTS) is 1. The van der Waals surface area contributed by atoms with Crippen LogP contribution in [0.4, 0.5) is 0 Å². The van der Waals surface area contributed by atoms with Gasteiger partial charge in [-0.25, -0.2) is 4.79 Å². The number of ether oxygens (including phenoxy) is 1. The summed E-state index contributed by atoms with van der Waals surface area (Å²) in [5.74, 6) is -0.558. The fourth-order valence-corrected chi connectivity index (χ4v) is 2.87. The molecule has 0 radical (unpaired) electrons. The lowest BCUT2D eigenvalue weighted by Gasteiger charge is -2.16. The zero-order valence-corrected chi connectivity index (χ0v) is 13.1. The van der Waals surface area contributed by atoms with Gasteiger partial charge in [0, 0.05) is 18.9 Å². The van der Waals surface area contributed by atoms with Crippen LogP contribution in [-0.2, 0) is 11.2 Å². The van der Waals surface area contributed by atoms with Gasteiger partial charge in [-0.05, 0) is 30.2 Å². The molecule has 3 rings (SSSR count). The summed E-state index contributed by atoms with van der Waals surface area (Å²) in [6.45, 7) is 1.67. The number of fused-ring (bicyclic) bond motifs is 1. The van der Waals surface area contributed by atoms with Crippen LogP contribution in [0.2, 0.25) is 0 Å². The first-order valence-corrected chi connectivity index (χ1v) is 7.43. The van der Waals surface area contributed by atoms with E-state index in [-0.39, 0.29) is 11.7 Å². The zero-order valence-electron chi connectivity index (χ0n) is 13.1. The predicted molar refractivity (Wildman–Crippen MR) is 87.8 cm³/mol. The van der Waals surface area contributed by atoms with Crippen LogP contribution in [-0.4, -0.2) is 18.2 Å². The van der Waals surface area contributed by atoms with Gasteiger partial charge >= 0.3 is 5.97 Å². The summed E-state index contributed by atoms with van der Waals surface area (Å²) < 4.78 is 11.1. The maximum Gasteiger partial charge on any atom is 0.339 e. The van der Waals surface area contributed by atoms with Crippen LogP contribution in [0.5, 0.6) is 0 Å². The van der Waals surface area contributed by atoms with Crippen molar-refractivity contribution in [2.45, 2.75) is 19.4 Å². The third-order valence-corrected chi connectivity index (χ3v) is 4.02. The van der Waals surface area contributed by atoms with Gasteiger partial charge in [-0.3, -0.25) is 0 Å². The van der Waals surface area contributed by atoms with E-state index in [1.54, 1.807) is 20.1 Å². The predicted octanol–water partition coefficient (Wildman–Crippen LogP) is 4.37. The molecule has 4 nitrogen and oxygen atoms in total. The molecule has 0 aliphatic heterocycles. The topological polar surface area (TPSA) is 59.7 Å². The highest BCUT2D eigenvalue weighted by Gasteiger charge is 2.19. The highest BCUT2D eigenvalue weighted by Crippen LogP contribution is 2.30. The summed E-state index contributed by atoms with van der Waals surface area (Å²) in [6.07, 6.45) is 0.584. The Morgan fingerprint density at radius 3 is 2.61 bits per heavy atom. The largest absolute Gasteiger partial charge is 0.478 e. The van der Waals surface area contributed by atoms with Gasteiger partial charge in [0.25, 0.3) is 0 Å². The average molecular weight is 310 g/mol. The van der Waals surface area contributed by atoms with E-state index in [0.29, 0.717) is 16.7 Å². The van der Waals surface area contributed by atoms with E-state index in [2.05, 4.69) is 12.1 Å². The minimum absolute atomic E-state index is 0.140. The summed E-state index contributed by atoms with van der Waals surface area (Å²) in [5, 5.41) is 10.00. The SMILES string of the molecule is COC(Cc1ccccc1)c1ccc2oc(C)c(C(=O)O)c2c1.